The van der Waals surface area contributed by atoms with E-state index in [-0.39, 0.29) is 11.9 Å². The van der Waals surface area contributed by atoms with E-state index >= 15 is 0 Å². The SMILES string of the molecule is CCCCOCCOc1ccc(-c2ccc3c(c2)C=C(C(=O)Nc2ccc([S@](=O)Cc4cncn4CCC)cc2)CCCN3CC(C)(C)C(=O)OCC)cc1. The molecule has 55 heavy (non-hydrogen) atoms. The number of hydrogen-bond acceptors (Lipinski definition) is 8. The molecule has 0 spiro atoms. The Morgan fingerprint density at radius 1 is 0.927 bits per heavy atom. The molecule has 0 aliphatic carbocycles. The van der Waals surface area contributed by atoms with E-state index in [9.17, 15) is 13.8 Å². The molecule has 294 valence electrons. The van der Waals surface area contributed by atoms with Crippen molar-refractivity contribution in [1.29, 1.82) is 0 Å². The molecule has 10 nitrogen and oxygen atoms in total. The molecule has 0 unspecified atom stereocenters. The number of benzene rings is 3. The second kappa shape index (κ2) is 20.3. The second-order valence-electron chi connectivity index (χ2n) is 14.5. The largest absolute Gasteiger partial charge is 0.491 e. The minimum absolute atomic E-state index is 0.186. The third-order valence-electron chi connectivity index (χ3n) is 9.52. The van der Waals surface area contributed by atoms with Crippen molar-refractivity contribution >= 4 is 40.1 Å². The quantitative estimate of drug-likeness (QED) is 0.0746. The summed E-state index contributed by atoms with van der Waals surface area (Å²) in [5.41, 5.74) is 5.33. The predicted molar refractivity (Wildman–Crippen MR) is 221 cm³/mol. The number of esters is 1. The van der Waals surface area contributed by atoms with Crippen LogP contribution >= 0.6 is 0 Å². The molecule has 0 saturated heterocycles. The van der Waals surface area contributed by atoms with Crippen molar-refractivity contribution in [2.45, 2.75) is 83.9 Å². The number of ether oxygens (including phenoxy) is 3. The average Bonchev–Trinajstić information content (AvgIpc) is 3.61. The van der Waals surface area contributed by atoms with Crippen LogP contribution in [0, 0.1) is 5.41 Å². The van der Waals surface area contributed by atoms with E-state index in [1.807, 2.05) is 55.7 Å². The molecule has 3 aromatic carbocycles. The third-order valence-corrected chi connectivity index (χ3v) is 10.9. The van der Waals surface area contributed by atoms with E-state index in [1.165, 1.54) is 0 Å². The van der Waals surface area contributed by atoms with Crippen LogP contribution in [0.5, 0.6) is 5.75 Å². The number of nitrogens with zero attached hydrogens (tertiary/aromatic N) is 3. The van der Waals surface area contributed by atoms with Gasteiger partial charge in [0.2, 0.25) is 0 Å². The Morgan fingerprint density at radius 3 is 2.42 bits per heavy atom. The van der Waals surface area contributed by atoms with Crippen LogP contribution in [-0.2, 0) is 42.2 Å². The minimum Gasteiger partial charge on any atom is -0.491 e. The average molecular weight is 769 g/mol. The number of carbonyl (C=O) groups is 2. The Balaban J connectivity index is 1.35. The molecule has 0 fully saturated rings. The van der Waals surface area contributed by atoms with Gasteiger partial charge in [-0.25, -0.2) is 4.98 Å². The van der Waals surface area contributed by atoms with Gasteiger partial charge in [-0.3, -0.25) is 13.8 Å². The van der Waals surface area contributed by atoms with Gasteiger partial charge in [-0.2, -0.15) is 0 Å². The Labute approximate surface area is 328 Å². The van der Waals surface area contributed by atoms with Crippen LogP contribution < -0.4 is 15.0 Å². The predicted octanol–water partition coefficient (Wildman–Crippen LogP) is 8.68. The molecule has 0 radical (unpaired) electrons. The zero-order chi connectivity index (χ0) is 39.2. The molecule has 2 heterocycles. The van der Waals surface area contributed by atoms with Gasteiger partial charge >= 0.3 is 5.97 Å². The Hall–Kier alpha value is -4.74. The Kier molecular flexibility index (Phi) is 15.3. The van der Waals surface area contributed by atoms with Crippen molar-refractivity contribution in [3.63, 3.8) is 0 Å². The van der Waals surface area contributed by atoms with E-state index in [2.05, 4.69) is 47.2 Å². The van der Waals surface area contributed by atoms with Gasteiger partial charge in [-0.15, -0.1) is 0 Å². The summed E-state index contributed by atoms with van der Waals surface area (Å²) in [7, 11) is -1.25. The number of unbranched alkanes of at least 4 members (excludes halogenated alkanes) is 1. The first-order chi connectivity index (χ1) is 26.6. The number of imidazole rings is 1. The molecular formula is C44H56N4O6S. The minimum atomic E-state index is -1.25. The van der Waals surface area contributed by atoms with Crippen molar-refractivity contribution in [1.82, 2.24) is 9.55 Å². The smallest absolute Gasteiger partial charge is 0.313 e. The fourth-order valence-electron chi connectivity index (χ4n) is 6.53. The number of rotatable bonds is 19. The summed E-state index contributed by atoms with van der Waals surface area (Å²) in [6, 6.07) is 21.5. The molecule has 1 aromatic heterocycles. The maximum atomic E-state index is 13.8. The van der Waals surface area contributed by atoms with Crippen LogP contribution in [-0.4, -0.2) is 65.2 Å². The Morgan fingerprint density at radius 2 is 1.69 bits per heavy atom. The van der Waals surface area contributed by atoms with Crippen molar-refractivity contribution < 1.29 is 28.0 Å². The van der Waals surface area contributed by atoms with Crippen molar-refractivity contribution in [3.8, 4) is 16.9 Å². The zero-order valence-corrected chi connectivity index (χ0v) is 33.8. The van der Waals surface area contributed by atoms with Crippen LogP contribution in [0.25, 0.3) is 17.2 Å². The molecule has 5 rings (SSSR count). The van der Waals surface area contributed by atoms with Gasteiger partial charge in [-0.1, -0.05) is 38.5 Å². The second-order valence-corrected chi connectivity index (χ2v) is 15.9. The third kappa shape index (κ3) is 11.6. The van der Waals surface area contributed by atoms with E-state index in [4.69, 9.17) is 14.2 Å². The highest BCUT2D eigenvalue weighted by molar-refractivity contribution is 7.84. The molecule has 0 bridgehead atoms. The molecule has 11 heteroatoms. The molecule has 1 atom stereocenters. The van der Waals surface area contributed by atoms with E-state index in [0.29, 0.717) is 61.2 Å². The lowest BCUT2D eigenvalue weighted by molar-refractivity contribution is -0.152. The van der Waals surface area contributed by atoms with Crippen LogP contribution in [0.1, 0.15) is 78.0 Å². The highest BCUT2D eigenvalue weighted by Crippen LogP contribution is 2.35. The van der Waals surface area contributed by atoms with Crippen molar-refractivity contribution in [2.75, 3.05) is 49.7 Å². The van der Waals surface area contributed by atoms with Gasteiger partial charge in [0.05, 0.1) is 47.2 Å². The highest BCUT2D eigenvalue weighted by atomic mass is 32.2. The van der Waals surface area contributed by atoms with Crippen LogP contribution in [0.15, 0.2) is 89.7 Å². The lowest BCUT2D eigenvalue weighted by Gasteiger charge is -2.35. The summed E-state index contributed by atoms with van der Waals surface area (Å²) in [4.78, 5) is 33.9. The maximum Gasteiger partial charge on any atom is 0.313 e. The summed E-state index contributed by atoms with van der Waals surface area (Å²) in [5, 5.41) is 3.07. The summed E-state index contributed by atoms with van der Waals surface area (Å²) >= 11 is 0. The topological polar surface area (TPSA) is 112 Å². The molecule has 1 amide bonds. The van der Waals surface area contributed by atoms with Gasteiger partial charge in [0.25, 0.3) is 5.91 Å². The fraction of sp³-hybridized carbons (Fsp3) is 0.432. The van der Waals surface area contributed by atoms with Gasteiger partial charge in [0, 0.05) is 54.3 Å². The number of aryl methyl sites for hydroxylation is 1. The molecule has 4 aromatic rings. The standard InChI is InChI=1S/C44H56N4O6S/c1-6-9-24-52-25-26-54-39-17-12-33(13-18-39)34-14-21-41-36(27-34)28-35(11-10-23-47(41)31-44(4,5)43(50)53-8-3)42(49)46-37-15-19-40(20-16-37)55(51)30-38-29-45-32-48(38)22-7-2/h12-21,27-29,32H,6-11,22-26,30-31H2,1-5H3,(H,46,49)/t55-/m1/s1. The van der Waals surface area contributed by atoms with E-state index < -0.39 is 16.2 Å². The van der Waals surface area contributed by atoms with E-state index in [1.54, 1.807) is 36.8 Å². The van der Waals surface area contributed by atoms with Crippen LogP contribution in [0.4, 0.5) is 11.4 Å². The van der Waals surface area contributed by atoms with Gasteiger partial charge < -0.3 is 29.0 Å². The first-order valence-corrected chi connectivity index (χ1v) is 20.8. The number of anilines is 2. The molecule has 1 N–H and O–H groups in total. The number of carbonyl (C=O) groups excluding carboxylic acids is 2. The normalized spacial score (nSPS) is 13.6. The molecular weight excluding hydrogens is 713 g/mol. The lowest BCUT2D eigenvalue weighted by Crippen LogP contribution is -2.41. The van der Waals surface area contributed by atoms with Gasteiger partial charge in [0.1, 0.15) is 12.4 Å². The van der Waals surface area contributed by atoms with Crippen molar-refractivity contribution in [3.05, 3.63) is 96.1 Å². The van der Waals surface area contributed by atoms with Crippen LogP contribution in [0.2, 0.25) is 0 Å². The van der Waals surface area contributed by atoms with Crippen molar-refractivity contribution in [2.24, 2.45) is 5.41 Å². The Bertz CT molecular complexity index is 1920. The summed E-state index contributed by atoms with van der Waals surface area (Å²) in [6.07, 6.45) is 9.91. The first-order valence-electron chi connectivity index (χ1n) is 19.5. The molecule has 1 aliphatic heterocycles. The maximum absolute atomic E-state index is 13.8. The lowest BCUT2D eigenvalue weighted by atomic mass is 9.90. The molecule has 1 aliphatic rings. The summed E-state index contributed by atoms with van der Waals surface area (Å²) < 4.78 is 32.2. The summed E-state index contributed by atoms with van der Waals surface area (Å²) in [6.45, 7) is 14.0. The monoisotopic (exact) mass is 768 g/mol. The summed E-state index contributed by atoms with van der Waals surface area (Å²) in [5.74, 6) is 0.729. The number of nitrogens with one attached hydrogen (secondary N) is 1. The number of aromatic nitrogens is 2. The number of fused-ring (bicyclic) bond motifs is 1. The zero-order valence-electron chi connectivity index (χ0n) is 33.0. The fourth-order valence-corrected chi connectivity index (χ4v) is 7.65. The van der Waals surface area contributed by atoms with Gasteiger partial charge in [-0.05, 0) is 118 Å². The first kappa shape index (κ1) is 41.4. The van der Waals surface area contributed by atoms with Crippen LogP contribution in [0.3, 0.4) is 0 Å². The molecule has 0 saturated carbocycles. The number of hydrogen-bond donors (Lipinski definition) is 1. The van der Waals surface area contributed by atoms with E-state index in [0.717, 1.165) is 72.7 Å². The van der Waals surface area contributed by atoms with Gasteiger partial charge in [0.15, 0.2) is 0 Å². The highest BCUT2D eigenvalue weighted by Gasteiger charge is 2.33. The number of amides is 1.